The van der Waals surface area contributed by atoms with Crippen molar-refractivity contribution in [3.63, 3.8) is 0 Å². The molecule has 8 heteroatoms. The molecule has 0 radical (unpaired) electrons. The summed E-state index contributed by atoms with van der Waals surface area (Å²) in [6, 6.07) is 8.92. The number of hydrogen-bond acceptors (Lipinski definition) is 4. The summed E-state index contributed by atoms with van der Waals surface area (Å²) >= 11 is 6.99. The number of nitrogens with zero attached hydrogens (tertiary/aromatic N) is 3. The smallest absolute Gasteiger partial charge is 0.307 e. The Balaban J connectivity index is 1.84. The van der Waals surface area contributed by atoms with Crippen molar-refractivity contribution in [3.8, 4) is 5.69 Å². The van der Waals surface area contributed by atoms with Gasteiger partial charge in [-0.15, -0.1) is 0 Å². The zero-order chi connectivity index (χ0) is 17.3. The van der Waals surface area contributed by atoms with Gasteiger partial charge in [-0.2, -0.15) is 5.10 Å². The normalized spacial score (nSPS) is 10.8. The molecule has 124 valence electrons. The lowest BCUT2D eigenvalue weighted by atomic mass is 10.3. The number of thiazole rings is 1. The van der Waals surface area contributed by atoms with Gasteiger partial charge in [0.25, 0.3) is 0 Å². The summed E-state index contributed by atoms with van der Waals surface area (Å²) in [5.41, 5.74) is 2.32. The Morgan fingerprint density at radius 2 is 2.00 bits per heavy atom. The third-order valence-electron chi connectivity index (χ3n) is 3.45. The lowest BCUT2D eigenvalue weighted by Gasteiger charge is -2.10. The van der Waals surface area contributed by atoms with Gasteiger partial charge in [0.2, 0.25) is 5.91 Å². The van der Waals surface area contributed by atoms with Crippen LogP contribution in [0.15, 0.2) is 40.5 Å². The molecule has 0 unspecified atom stereocenters. The second kappa shape index (κ2) is 6.62. The molecule has 2 heterocycles. The van der Waals surface area contributed by atoms with Gasteiger partial charge in [-0.3, -0.25) is 14.2 Å². The van der Waals surface area contributed by atoms with E-state index in [1.54, 1.807) is 35.2 Å². The molecule has 0 fully saturated rings. The van der Waals surface area contributed by atoms with Crippen LogP contribution in [0.25, 0.3) is 5.69 Å². The van der Waals surface area contributed by atoms with Crippen LogP contribution >= 0.6 is 22.9 Å². The van der Waals surface area contributed by atoms with E-state index in [-0.39, 0.29) is 17.3 Å². The average Bonchev–Trinajstić information content (AvgIpc) is 3.05. The SMILES string of the molecule is Cc1cc(NC(=O)Cn2c(C)csc2=O)n(-c2ccc(Cl)cc2)n1. The number of anilines is 1. The van der Waals surface area contributed by atoms with Crippen molar-refractivity contribution in [2.45, 2.75) is 20.4 Å². The van der Waals surface area contributed by atoms with Gasteiger partial charge in [0.1, 0.15) is 12.4 Å². The van der Waals surface area contributed by atoms with Gasteiger partial charge < -0.3 is 5.32 Å². The number of nitrogens with one attached hydrogen (secondary N) is 1. The predicted molar refractivity (Wildman–Crippen MR) is 95.3 cm³/mol. The number of amides is 1. The highest BCUT2D eigenvalue weighted by Gasteiger charge is 2.13. The first-order valence-corrected chi connectivity index (χ1v) is 8.47. The maximum atomic E-state index is 12.3. The highest BCUT2D eigenvalue weighted by atomic mass is 35.5. The van der Waals surface area contributed by atoms with Crippen molar-refractivity contribution in [2.75, 3.05) is 5.32 Å². The molecule has 1 N–H and O–H groups in total. The van der Waals surface area contributed by atoms with Crippen LogP contribution < -0.4 is 10.2 Å². The number of benzene rings is 1. The molecular weight excluding hydrogens is 348 g/mol. The number of aromatic nitrogens is 3. The molecule has 3 rings (SSSR count). The second-order valence-electron chi connectivity index (χ2n) is 5.34. The quantitative estimate of drug-likeness (QED) is 0.775. The Morgan fingerprint density at radius 1 is 1.29 bits per heavy atom. The predicted octanol–water partition coefficient (Wildman–Crippen LogP) is 3.00. The van der Waals surface area contributed by atoms with Crippen molar-refractivity contribution < 1.29 is 4.79 Å². The maximum Gasteiger partial charge on any atom is 0.307 e. The Bertz CT molecular complexity index is 940. The van der Waals surface area contributed by atoms with Crippen molar-refractivity contribution in [3.05, 3.63) is 61.8 Å². The van der Waals surface area contributed by atoms with E-state index in [1.807, 2.05) is 19.1 Å². The van der Waals surface area contributed by atoms with Crippen molar-refractivity contribution in [1.29, 1.82) is 0 Å². The number of halogens is 1. The molecule has 24 heavy (non-hydrogen) atoms. The van der Waals surface area contributed by atoms with Crippen LogP contribution in [0.1, 0.15) is 11.4 Å². The number of carbonyl (C=O) groups is 1. The summed E-state index contributed by atoms with van der Waals surface area (Å²) in [6.07, 6.45) is 0. The maximum absolute atomic E-state index is 12.3. The van der Waals surface area contributed by atoms with Gasteiger partial charge in [-0.1, -0.05) is 22.9 Å². The highest BCUT2D eigenvalue weighted by Crippen LogP contribution is 2.19. The summed E-state index contributed by atoms with van der Waals surface area (Å²) in [5, 5.41) is 9.56. The van der Waals surface area contributed by atoms with Gasteiger partial charge >= 0.3 is 4.87 Å². The van der Waals surface area contributed by atoms with Crippen LogP contribution in [-0.4, -0.2) is 20.3 Å². The van der Waals surface area contributed by atoms with Gasteiger partial charge in [-0.25, -0.2) is 4.68 Å². The Hall–Kier alpha value is -2.38. The zero-order valence-electron chi connectivity index (χ0n) is 13.1. The second-order valence-corrected chi connectivity index (χ2v) is 6.59. The zero-order valence-corrected chi connectivity index (χ0v) is 14.7. The summed E-state index contributed by atoms with van der Waals surface area (Å²) in [5.74, 6) is 0.259. The molecule has 6 nitrogen and oxygen atoms in total. The number of carbonyl (C=O) groups excluding carboxylic acids is 1. The van der Waals surface area contributed by atoms with Crippen molar-refractivity contribution >= 4 is 34.7 Å². The van der Waals surface area contributed by atoms with Crippen LogP contribution in [-0.2, 0) is 11.3 Å². The molecule has 2 aromatic heterocycles. The summed E-state index contributed by atoms with van der Waals surface area (Å²) in [4.78, 5) is 23.9. The molecule has 1 aromatic carbocycles. The number of rotatable bonds is 4. The van der Waals surface area contributed by atoms with Crippen LogP contribution in [0.3, 0.4) is 0 Å². The minimum absolute atomic E-state index is 0.0288. The van der Waals surface area contributed by atoms with E-state index in [2.05, 4.69) is 10.4 Å². The lowest BCUT2D eigenvalue weighted by molar-refractivity contribution is -0.116. The van der Waals surface area contributed by atoms with Crippen molar-refractivity contribution in [1.82, 2.24) is 14.3 Å². The summed E-state index contributed by atoms with van der Waals surface area (Å²) < 4.78 is 3.07. The van der Waals surface area contributed by atoms with Gasteiger partial charge in [0.15, 0.2) is 0 Å². The van der Waals surface area contributed by atoms with Crippen LogP contribution in [0, 0.1) is 13.8 Å². The lowest BCUT2D eigenvalue weighted by Crippen LogP contribution is -2.26. The Labute approximate surface area is 147 Å². The fourth-order valence-corrected chi connectivity index (χ4v) is 3.15. The Morgan fingerprint density at radius 3 is 2.62 bits per heavy atom. The van der Waals surface area contributed by atoms with Gasteiger partial charge in [-0.05, 0) is 38.1 Å². The monoisotopic (exact) mass is 362 g/mol. The van der Waals surface area contributed by atoms with E-state index in [4.69, 9.17) is 11.6 Å². The fourth-order valence-electron chi connectivity index (χ4n) is 2.29. The number of hydrogen-bond donors (Lipinski definition) is 1. The minimum Gasteiger partial charge on any atom is -0.309 e. The first-order valence-electron chi connectivity index (χ1n) is 7.21. The molecule has 0 saturated heterocycles. The molecule has 0 aliphatic carbocycles. The van der Waals surface area contributed by atoms with E-state index in [0.29, 0.717) is 10.8 Å². The average molecular weight is 363 g/mol. The van der Waals surface area contributed by atoms with Crippen LogP contribution in [0.2, 0.25) is 5.02 Å². The molecule has 0 aliphatic rings. The molecule has 1 amide bonds. The van der Waals surface area contributed by atoms with E-state index < -0.39 is 0 Å². The molecule has 0 aliphatic heterocycles. The Kier molecular flexibility index (Phi) is 4.55. The van der Waals surface area contributed by atoms with Crippen LogP contribution in [0.4, 0.5) is 5.82 Å². The van der Waals surface area contributed by atoms with E-state index in [9.17, 15) is 9.59 Å². The largest absolute Gasteiger partial charge is 0.309 e. The van der Waals surface area contributed by atoms with Gasteiger partial charge in [0.05, 0.1) is 11.4 Å². The first kappa shape index (κ1) is 16.5. The minimum atomic E-state index is -0.284. The number of aryl methyl sites for hydroxylation is 2. The molecule has 3 aromatic rings. The molecule has 0 atom stereocenters. The third-order valence-corrected chi connectivity index (χ3v) is 4.58. The third kappa shape index (κ3) is 3.42. The summed E-state index contributed by atoms with van der Waals surface area (Å²) in [6.45, 7) is 3.61. The standard InChI is InChI=1S/C16H15ClN4O2S/c1-10-7-14(21(19-10)13-5-3-12(17)4-6-13)18-15(22)8-20-11(2)9-24-16(20)23/h3-7,9H,8H2,1-2H3,(H,18,22). The van der Waals surface area contributed by atoms with E-state index in [1.165, 1.54) is 4.57 Å². The molecular formula is C16H15ClN4O2S. The molecule has 0 bridgehead atoms. The fraction of sp³-hybridized carbons (Fsp3) is 0.188. The van der Waals surface area contributed by atoms with Gasteiger partial charge in [0, 0.05) is 22.2 Å². The highest BCUT2D eigenvalue weighted by molar-refractivity contribution is 7.07. The summed E-state index contributed by atoms with van der Waals surface area (Å²) in [7, 11) is 0. The van der Waals surface area contributed by atoms with Crippen molar-refractivity contribution in [2.24, 2.45) is 0 Å². The molecule has 0 spiro atoms. The van der Waals surface area contributed by atoms with Crippen LogP contribution in [0.5, 0.6) is 0 Å². The first-order chi connectivity index (χ1) is 11.4. The topological polar surface area (TPSA) is 68.9 Å². The van der Waals surface area contributed by atoms with E-state index >= 15 is 0 Å². The van der Waals surface area contributed by atoms with E-state index in [0.717, 1.165) is 28.4 Å². The molecule has 0 saturated carbocycles.